The lowest BCUT2D eigenvalue weighted by molar-refractivity contribution is 0.766. The first-order valence-corrected chi connectivity index (χ1v) is 6.90. The largest absolute Gasteiger partial charge is 0.329 e. The third-order valence-electron chi connectivity index (χ3n) is 3.07. The number of rotatable bonds is 4. The van der Waals surface area contributed by atoms with Gasteiger partial charge in [-0.3, -0.25) is 4.68 Å². The Labute approximate surface area is 112 Å². The van der Waals surface area contributed by atoms with Gasteiger partial charge >= 0.3 is 0 Å². The fourth-order valence-electron chi connectivity index (χ4n) is 1.81. The van der Waals surface area contributed by atoms with Crippen molar-refractivity contribution in [1.29, 1.82) is 0 Å². The van der Waals surface area contributed by atoms with Crippen LogP contribution in [0.4, 0.5) is 0 Å². The third-order valence-corrected chi connectivity index (χ3v) is 4.34. The van der Waals surface area contributed by atoms with Crippen LogP contribution in [0.1, 0.15) is 21.9 Å². The molecule has 0 aliphatic rings. The lowest BCUT2D eigenvalue weighted by Crippen LogP contribution is -2.08. The monoisotopic (exact) mass is 261 g/mol. The normalized spacial score (nSPS) is 12.7. The van der Waals surface area contributed by atoms with Crippen LogP contribution in [0.2, 0.25) is 0 Å². The van der Waals surface area contributed by atoms with E-state index < -0.39 is 0 Å². The van der Waals surface area contributed by atoms with Gasteiger partial charge < -0.3 is 5.73 Å². The summed E-state index contributed by atoms with van der Waals surface area (Å²) in [5.74, 6) is 0. The quantitative estimate of drug-likeness (QED) is 0.861. The lowest BCUT2D eigenvalue weighted by atomic mass is 10.1. The number of nitrogens with two attached hydrogens (primary N) is 1. The van der Waals surface area contributed by atoms with Gasteiger partial charge in [-0.05, 0) is 37.1 Å². The van der Waals surface area contributed by atoms with Gasteiger partial charge in [-0.2, -0.15) is 5.10 Å². The molecule has 2 rings (SSSR count). The highest BCUT2D eigenvalue weighted by Gasteiger charge is 2.13. The lowest BCUT2D eigenvalue weighted by Gasteiger charge is -2.13. The molecular formula is C14H19N3S. The minimum absolute atomic E-state index is 0.265. The van der Waals surface area contributed by atoms with Crippen molar-refractivity contribution in [3.05, 3.63) is 47.3 Å². The standard InChI is InChI=1S/C14H19N3S/c1-10-4-5-13(6-11(10)2)18-14(7-15)12-8-16-17(3)9-12/h4-6,8-9,14H,7,15H2,1-3H3. The Kier molecular flexibility index (Phi) is 4.09. The zero-order valence-corrected chi connectivity index (χ0v) is 11.9. The van der Waals surface area contributed by atoms with Crippen LogP contribution in [0.3, 0.4) is 0 Å². The molecule has 0 spiro atoms. The van der Waals surface area contributed by atoms with Crippen molar-refractivity contribution in [1.82, 2.24) is 9.78 Å². The summed E-state index contributed by atoms with van der Waals surface area (Å²) in [5, 5.41) is 4.47. The molecule has 0 aliphatic carbocycles. The first kappa shape index (κ1) is 13.2. The van der Waals surface area contributed by atoms with Crippen LogP contribution in [-0.2, 0) is 7.05 Å². The number of benzene rings is 1. The summed E-state index contributed by atoms with van der Waals surface area (Å²) in [6.07, 6.45) is 3.93. The average molecular weight is 261 g/mol. The molecule has 1 unspecified atom stereocenters. The summed E-state index contributed by atoms with van der Waals surface area (Å²) in [6, 6.07) is 6.54. The molecule has 18 heavy (non-hydrogen) atoms. The molecule has 0 fully saturated rings. The Bertz CT molecular complexity index is 534. The van der Waals surface area contributed by atoms with Gasteiger partial charge in [0.25, 0.3) is 0 Å². The minimum atomic E-state index is 0.265. The highest BCUT2D eigenvalue weighted by Crippen LogP contribution is 2.34. The Hall–Kier alpha value is -1.26. The maximum Gasteiger partial charge on any atom is 0.0533 e. The molecule has 1 aromatic carbocycles. The van der Waals surface area contributed by atoms with Crippen LogP contribution in [0.15, 0.2) is 35.5 Å². The van der Waals surface area contributed by atoms with Crippen LogP contribution < -0.4 is 5.73 Å². The third kappa shape index (κ3) is 2.94. The number of aromatic nitrogens is 2. The maximum atomic E-state index is 5.87. The van der Waals surface area contributed by atoms with Crippen molar-refractivity contribution in [2.75, 3.05) is 6.54 Å². The molecule has 1 heterocycles. The number of aryl methyl sites for hydroxylation is 3. The van der Waals surface area contributed by atoms with Crippen LogP contribution in [-0.4, -0.2) is 16.3 Å². The summed E-state index contributed by atoms with van der Waals surface area (Å²) in [4.78, 5) is 1.26. The van der Waals surface area contributed by atoms with Gasteiger partial charge in [0.2, 0.25) is 0 Å². The van der Waals surface area contributed by atoms with Crippen LogP contribution >= 0.6 is 11.8 Å². The second-order valence-corrected chi connectivity index (χ2v) is 5.81. The van der Waals surface area contributed by atoms with E-state index in [0.717, 1.165) is 0 Å². The molecule has 2 aromatic rings. The second-order valence-electron chi connectivity index (χ2n) is 4.54. The molecule has 1 atom stereocenters. The van der Waals surface area contributed by atoms with E-state index >= 15 is 0 Å². The second kappa shape index (κ2) is 5.59. The molecule has 4 heteroatoms. The smallest absolute Gasteiger partial charge is 0.0533 e. The molecular weight excluding hydrogens is 242 g/mol. The number of hydrogen-bond acceptors (Lipinski definition) is 3. The van der Waals surface area contributed by atoms with E-state index in [1.54, 1.807) is 11.8 Å². The van der Waals surface area contributed by atoms with Gasteiger partial charge in [0.05, 0.1) is 6.20 Å². The summed E-state index contributed by atoms with van der Waals surface area (Å²) < 4.78 is 1.82. The summed E-state index contributed by atoms with van der Waals surface area (Å²) >= 11 is 1.80. The highest BCUT2D eigenvalue weighted by atomic mass is 32.2. The van der Waals surface area contributed by atoms with Gasteiger partial charge in [-0.1, -0.05) is 6.07 Å². The predicted molar refractivity (Wildman–Crippen MR) is 76.8 cm³/mol. The number of hydrogen-bond donors (Lipinski definition) is 1. The molecule has 2 N–H and O–H groups in total. The Balaban J connectivity index is 2.17. The number of nitrogens with zero attached hydrogens (tertiary/aromatic N) is 2. The first-order valence-electron chi connectivity index (χ1n) is 6.02. The van der Waals surface area contributed by atoms with Gasteiger partial charge in [0.1, 0.15) is 0 Å². The minimum Gasteiger partial charge on any atom is -0.329 e. The summed E-state index contributed by atoms with van der Waals surface area (Å²) in [6.45, 7) is 4.88. The van der Waals surface area contributed by atoms with Crippen molar-refractivity contribution in [2.24, 2.45) is 12.8 Å². The molecule has 0 aliphatic heterocycles. The van der Waals surface area contributed by atoms with E-state index in [1.807, 2.05) is 24.1 Å². The fraction of sp³-hybridized carbons (Fsp3) is 0.357. The van der Waals surface area contributed by atoms with E-state index in [0.29, 0.717) is 6.54 Å². The van der Waals surface area contributed by atoms with E-state index in [9.17, 15) is 0 Å². The van der Waals surface area contributed by atoms with E-state index in [1.165, 1.54) is 21.6 Å². The van der Waals surface area contributed by atoms with Crippen molar-refractivity contribution >= 4 is 11.8 Å². The molecule has 0 saturated heterocycles. The Morgan fingerprint density at radius 1 is 1.33 bits per heavy atom. The van der Waals surface area contributed by atoms with E-state index in [4.69, 9.17) is 5.73 Å². The Morgan fingerprint density at radius 2 is 2.11 bits per heavy atom. The van der Waals surface area contributed by atoms with Crippen LogP contribution in [0.25, 0.3) is 0 Å². The molecule has 0 saturated carbocycles. The summed E-state index contributed by atoms with van der Waals surface area (Å²) in [7, 11) is 1.93. The van der Waals surface area contributed by atoms with Crippen LogP contribution in [0.5, 0.6) is 0 Å². The SMILES string of the molecule is Cc1ccc(SC(CN)c2cnn(C)c2)cc1C. The zero-order chi connectivity index (χ0) is 13.1. The highest BCUT2D eigenvalue weighted by molar-refractivity contribution is 7.99. The van der Waals surface area contributed by atoms with Gasteiger partial charge in [-0.15, -0.1) is 11.8 Å². The fourth-order valence-corrected chi connectivity index (χ4v) is 2.88. The molecule has 1 aromatic heterocycles. The topological polar surface area (TPSA) is 43.8 Å². The molecule has 3 nitrogen and oxygen atoms in total. The molecule has 0 radical (unpaired) electrons. The van der Waals surface area contributed by atoms with Crippen molar-refractivity contribution in [3.8, 4) is 0 Å². The van der Waals surface area contributed by atoms with E-state index in [2.05, 4.69) is 37.1 Å². The predicted octanol–water partition coefficient (Wildman–Crippen LogP) is 2.83. The Morgan fingerprint density at radius 3 is 2.67 bits per heavy atom. The maximum absolute atomic E-state index is 5.87. The summed E-state index contributed by atoms with van der Waals surface area (Å²) in [5.41, 5.74) is 9.70. The van der Waals surface area contributed by atoms with Gasteiger partial charge in [-0.25, -0.2) is 0 Å². The average Bonchev–Trinajstić information content (AvgIpc) is 2.77. The van der Waals surface area contributed by atoms with Gasteiger partial charge in [0, 0.05) is 35.5 Å². The van der Waals surface area contributed by atoms with Crippen LogP contribution in [0, 0.1) is 13.8 Å². The first-order chi connectivity index (χ1) is 8.60. The molecule has 0 bridgehead atoms. The van der Waals surface area contributed by atoms with Crippen molar-refractivity contribution < 1.29 is 0 Å². The van der Waals surface area contributed by atoms with Gasteiger partial charge in [0.15, 0.2) is 0 Å². The van der Waals surface area contributed by atoms with E-state index in [-0.39, 0.29) is 5.25 Å². The molecule has 0 amide bonds. The van der Waals surface area contributed by atoms with Crippen molar-refractivity contribution in [3.63, 3.8) is 0 Å². The van der Waals surface area contributed by atoms with Crippen molar-refractivity contribution in [2.45, 2.75) is 24.0 Å². The molecule has 96 valence electrons. The number of thioether (sulfide) groups is 1. The zero-order valence-electron chi connectivity index (χ0n) is 11.1.